The van der Waals surface area contributed by atoms with Crippen LogP contribution >= 0.6 is 0 Å². The van der Waals surface area contributed by atoms with Gasteiger partial charge in [0.15, 0.2) is 0 Å². The second-order valence-electron chi connectivity index (χ2n) is 13.3. The van der Waals surface area contributed by atoms with E-state index in [1.807, 2.05) is 12.1 Å². The Labute approximate surface area is 244 Å². The Morgan fingerprint density at radius 3 is 2.56 bits per heavy atom. The average Bonchev–Trinajstić information content (AvgIpc) is 2.98. The molecule has 5 aliphatic rings. The highest BCUT2D eigenvalue weighted by Gasteiger charge is 2.55. The summed E-state index contributed by atoms with van der Waals surface area (Å²) in [5.74, 6) is 4.32. The van der Waals surface area contributed by atoms with Crippen LogP contribution in [-0.2, 0) is 6.54 Å². The van der Waals surface area contributed by atoms with Crippen molar-refractivity contribution in [3.8, 4) is 12.1 Å². The minimum atomic E-state index is 0.299. The van der Waals surface area contributed by atoms with Crippen LogP contribution in [0.2, 0.25) is 0 Å². The largest absolute Gasteiger partial charge is 0.368 e. The van der Waals surface area contributed by atoms with Crippen LogP contribution in [-0.4, -0.2) is 53.6 Å². The smallest absolute Gasteiger partial charge is 0.224 e. The van der Waals surface area contributed by atoms with Gasteiger partial charge >= 0.3 is 0 Å². The molecule has 0 amide bonds. The van der Waals surface area contributed by atoms with Gasteiger partial charge in [-0.2, -0.15) is 15.5 Å². The molecule has 2 aromatic rings. The molecular formula is C33H44N8. The summed E-state index contributed by atoms with van der Waals surface area (Å²) in [6.07, 6.45) is 11.4. The van der Waals surface area contributed by atoms with Gasteiger partial charge in [0.25, 0.3) is 0 Å². The van der Waals surface area contributed by atoms with E-state index in [1.165, 1.54) is 56.1 Å². The zero-order chi connectivity index (χ0) is 28.2. The van der Waals surface area contributed by atoms with E-state index >= 15 is 0 Å². The Hall–Kier alpha value is -3.20. The van der Waals surface area contributed by atoms with Gasteiger partial charge < -0.3 is 20.9 Å². The summed E-state index contributed by atoms with van der Waals surface area (Å²) in [7, 11) is 0. The summed E-state index contributed by atoms with van der Waals surface area (Å²) >= 11 is 0. The van der Waals surface area contributed by atoms with Crippen molar-refractivity contribution in [1.82, 2.24) is 20.2 Å². The van der Waals surface area contributed by atoms with Crippen molar-refractivity contribution in [1.29, 1.82) is 10.5 Å². The van der Waals surface area contributed by atoms with Crippen molar-refractivity contribution in [2.75, 3.05) is 43.4 Å². The topological polar surface area (TPSA) is 113 Å². The molecule has 4 aliphatic carbocycles. The van der Waals surface area contributed by atoms with Crippen molar-refractivity contribution in [3.05, 3.63) is 47.2 Å². The fourth-order valence-electron chi connectivity index (χ4n) is 8.61. The molecule has 5 fully saturated rings. The number of benzene rings is 1. The Kier molecular flexibility index (Phi) is 8.42. The first-order valence-electron chi connectivity index (χ1n) is 15.7. The Bertz CT molecular complexity index is 1270. The normalized spacial score (nSPS) is 29.1. The van der Waals surface area contributed by atoms with Gasteiger partial charge in [-0.25, -0.2) is 4.98 Å². The number of hydrogen-bond donors (Lipinski definition) is 3. The van der Waals surface area contributed by atoms with Crippen molar-refractivity contribution >= 4 is 11.8 Å². The first-order chi connectivity index (χ1) is 20.0. The summed E-state index contributed by atoms with van der Waals surface area (Å²) in [6.45, 7) is 7.99. The maximum atomic E-state index is 9.75. The lowest BCUT2D eigenvalue weighted by Gasteiger charge is -2.60. The predicted octanol–water partition coefficient (Wildman–Crippen LogP) is 5.09. The van der Waals surface area contributed by atoms with E-state index in [0.29, 0.717) is 41.8 Å². The lowest BCUT2D eigenvalue weighted by molar-refractivity contribution is -0.0704. The van der Waals surface area contributed by atoms with Crippen LogP contribution < -0.4 is 16.0 Å². The number of hydrogen-bond acceptors (Lipinski definition) is 8. The second kappa shape index (κ2) is 12.3. The molecule has 1 unspecified atom stereocenters. The van der Waals surface area contributed by atoms with Gasteiger partial charge in [0, 0.05) is 32.1 Å². The number of nitrogens with one attached hydrogen (secondary N) is 3. The fraction of sp³-hybridized carbons (Fsp3) is 0.636. The maximum absolute atomic E-state index is 9.75. The molecule has 7 rings (SSSR count). The van der Waals surface area contributed by atoms with Crippen molar-refractivity contribution in [2.24, 2.45) is 29.1 Å². The van der Waals surface area contributed by atoms with E-state index in [9.17, 15) is 5.26 Å². The van der Waals surface area contributed by atoms with Crippen LogP contribution in [0.15, 0.2) is 30.5 Å². The number of aromatic nitrogens is 2. The molecule has 41 heavy (non-hydrogen) atoms. The van der Waals surface area contributed by atoms with E-state index < -0.39 is 0 Å². The third-order valence-electron chi connectivity index (χ3n) is 10.5. The SMILES string of the molecule is Cc1ccccc1CNc1ncc(C#N)c(NC[C@]23CC4C[C@H](C2)[C@@H](NCC2CCN(CCC#N)CC2)[C@@H](C4)C3)n1. The van der Waals surface area contributed by atoms with Gasteiger partial charge in [-0.05, 0) is 112 Å². The minimum absolute atomic E-state index is 0.299. The minimum Gasteiger partial charge on any atom is -0.368 e. The molecule has 2 heterocycles. The summed E-state index contributed by atoms with van der Waals surface area (Å²) < 4.78 is 0. The number of likely N-dealkylation sites (tertiary alicyclic amines) is 1. The number of anilines is 2. The lowest BCUT2D eigenvalue weighted by Crippen LogP contribution is -2.60. The van der Waals surface area contributed by atoms with Crippen LogP contribution in [0.3, 0.4) is 0 Å². The third kappa shape index (κ3) is 6.35. The van der Waals surface area contributed by atoms with Gasteiger partial charge in [0.05, 0.1) is 12.3 Å². The van der Waals surface area contributed by atoms with Gasteiger partial charge in [-0.1, -0.05) is 24.3 Å². The summed E-state index contributed by atoms with van der Waals surface area (Å²) in [4.78, 5) is 11.6. The van der Waals surface area contributed by atoms with Crippen molar-refractivity contribution < 1.29 is 0 Å². The van der Waals surface area contributed by atoms with Crippen molar-refractivity contribution in [2.45, 2.75) is 70.9 Å². The van der Waals surface area contributed by atoms with E-state index in [2.05, 4.69) is 57.0 Å². The molecule has 4 saturated carbocycles. The maximum Gasteiger partial charge on any atom is 0.224 e. The molecule has 8 nitrogen and oxygen atoms in total. The second-order valence-corrected chi connectivity index (χ2v) is 13.3. The molecule has 1 aromatic carbocycles. The fourth-order valence-corrected chi connectivity index (χ4v) is 8.61. The zero-order valence-electron chi connectivity index (χ0n) is 24.4. The lowest BCUT2D eigenvalue weighted by atomic mass is 9.48. The average molecular weight is 553 g/mol. The Balaban J connectivity index is 1.04. The first-order valence-corrected chi connectivity index (χ1v) is 15.7. The van der Waals surface area contributed by atoms with E-state index in [4.69, 9.17) is 10.2 Å². The van der Waals surface area contributed by atoms with Gasteiger partial charge in [0.2, 0.25) is 5.95 Å². The summed E-state index contributed by atoms with van der Waals surface area (Å²) in [5, 5.41) is 29.7. The number of piperidine rings is 1. The molecule has 1 saturated heterocycles. The van der Waals surface area contributed by atoms with E-state index in [1.54, 1.807) is 6.20 Å². The molecule has 5 atom stereocenters. The van der Waals surface area contributed by atoms with Crippen LogP contribution in [0.1, 0.15) is 68.1 Å². The van der Waals surface area contributed by atoms with Crippen LogP contribution in [0.25, 0.3) is 0 Å². The van der Waals surface area contributed by atoms with Crippen molar-refractivity contribution in [3.63, 3.8) is 0 Å². The molecule has 1 aliphatic heterocycles. The molecule has 8 heteroatoms. The third-order valence-corrected chi connectivity index (χ3v) is 10.5. The summed E-state index contributed by atoms with van der Waals surface area (Å²) in [5.41, 5.74) is 3.26. The molecule has 4 bridgehead atoms. The van der Waals surface area contributed by atoms with Crippen LogP contribution in [0.4, 0.5) is 11.8 Å². The molecular weight excluding hydrogens is 508 g/mol. The Morgan fingerprint density at radius 1 is 1.05 bits per heavy atom. The van der Waals surface area contributed by atoms with Crippen LogP contribution in [0, 0.1) is 58.7 Å². The van der Waals surface area contributed by atoms with Gasteiger partial charge in [0.1, 0.15) is 17.5 Å². The molecule has 216 valence electrons. The number of rotatable bonds is 11. The van der Waals surface area contributed by atoms with Gasteiger partial charge in [-0.15, -0.1) is 0 Å². The quantitative estimate of drug-likeness (QED) is 0.353. The molecule has 1 aromatic heterocycles. The standard InChI is InChI=1S/C33H44N8/c1-23-5-2-3-6-26(23)20-37-32-38-21-29(18-35)31(40-32)39-22-33-15-25-13-27(16-33)30(28(14-25)17-33)36-19-24-7-11-41(12-8-24)10-4-9-34/h2-3,5-6,21,24-25,27-28,30,36H,4,7-8,10-17,19-20,22H2,1H3,(H2,37,38,39,40)/t25?,27-,28+,30-,33-. The molecule has 3 N–H and O–H groups in total. The van der Waals surface area contributed by atoms with E-state index in [-0.39, 0.29) is 0 Å². The van der Waals surface area contributed by atoms with E-state index in [0.717, 1.165) is 56.4 Å². The molecule has 0 radical (unpaired) electrons. The monoisotopic (exact) mass is 552 g/mol. The van der Waals surface area contributed by atoms with Crippen LogP contribution in [0.5, 0.6) is 0 Å². The van der Waals surface area contributed by atoms with Gasteiger partial charge in [-0.3, -0.25) is 0 Å². The predicted molar refractivity (Wildman–Crippen MR) is 161 cm³/mol. The summed E-state index contributed by atoms with van der Waals surface area (Å²) in [6, 6.07) is 13.5. The number of nitriles is 2. The number of aryl methyl sites for hydroxylation is 1. The Morgan fingerprint density at radius 2 is 1.83 bits per heavy atom. The highest BCUT2D eigenvalue weighted by Crippen LogP contribution is 2.60. The molecule has 0 spiro atoms. The highest BCUT2D eigenvalue weighted by molar-refractivity contribution is 5.53. The highest BCUT2D eigenvalue weighted by atomic mass is 15.1. The number of nitrogens with zero attached hydrogens (tertiary/aromatic N) is 5. The zero-order valence-corrected chi connectivity index (χ0v) is 24.4. The first kappa shape index (κ1) is 27.9.